The van der Waals surface area contributed by atoms with Gasteiger partial charge in [-0.1, -0.05) is 0 Å². The molecule has 0 aromatic carbocycles. The molecule has 7 nitrogen and oxygen atoms in total. The highest BCUT2D eigenvalue weighted by Crippen LogP contribution is 2.06. The molecule has 0 radical (unpaired) electrons. The molecular formula is C10H22N4O3S3. The topological polar surface area (TPSA) is 155 Å². The molecule has 0 aliphatic heterocycles. The lowest BCUT2D eigenvalue weighted by Crippen LogP contribution is -2.43. The van der Waals surface area contributed by atoms with E-state index in [-0.39, 0.29) is 11.5 Å². The molecule has 0 spiro atoms. The molecule has 20 heavy (non-hydrogen) atoms. The molecule has 0 aliphatic carbocycles. The molecule has 0 aliphatic rings. The van der Waals surface area contributed by atoms with Gasteiger partial charge in [-0.3, -0.25) is 9.59 Å². The Bertz CT molecular complexity index is 314. The van der Waals surface area contributed by atoms with Gasteiger partial charge >= 0.3 is 0 Å². The highest BCUT2D eigenvalue weighted by Gasteiger charge is 2.29. The summed E-state index contributed by atoms with van der Waals surface area (Å²) in [7, 11) is -2.30. The van der Waals surface area contributed by atoms with Crippen molar-refractivity contribution >= 4 is 44.6 Å². The Labute approximate surface area is 129 Å². The van der Waals surface area contributed by atoms with E-state index in [1.54, 1.807) is 0 Å². The van der Waals surface area contributed by atoms with Gasteiger partial charge in [0.1, 0.15) is 0 Å². The summed E-state index contributed by atoms with van der Waals surface area (Å²) in [5, 5.41) is -1.56. The Morgan fingerprint density at radius 3 is 1.55 bits per heavy atom. The van der Waals surface area contributed by atoms with Crippen LogP contribution in [-0.4, -0.2) is 62.6 Å². The molecule has 0 aromatic heterocycles. The predicted octanol–water partition coefficient (Wildman–Crippen LogP) is -2.17. The Hall–Kier alpha value is 0.0300. The third kappa shape index (κ3) is 7.72. The average Bonchev–Trinajstić information content (AvgIpc) is 2.45. The van der Waals surface area contributed by atoms with Gasteiger partial charge in [-0.15, -0.1) is 0 Å². The van der Waals surface area contributed by atoms with E-state index in [0.717, 1.165) is 0 Å². The Morgan fingerprint density at radius 2 is 1.25 bits per heavy atom. The fourth-order valence-corrected chi connectivity index (χ4v) is 3.70. The van der Waals surface area contributed by atoms with Crippen LogP contribution in [0.1, 0.15) is 0 Å². The first-order valence-electron chi connectivity index (χ1n) is 6.01. The SMILES string of the molecule is NCCSC[C@H](N)C(=O)S(=O)C(=O)[C@@H](N)CSCCN. The van der Waals surface area contributed by atoms with Crippen LogP contribution in [-0.2, 0) is 20.4 Å². The fraction of sp³-hybridized carbons (Fsp3) is 0.800. The van der Waals surface area contributed by atoms with Gasteiger partial charge in [0.15, 0.2) is 10.8 Å². The predicted molar refractivity (Wildman–Crippen MR) is 86.9 cm³/mol. The van der Waals surface area contributed by atoms with Crippen molar-refractivity contribution in [1.29, 1.82) is 0 Å². The summed E-state index contributed by atoms with van der Waals surface area (Å²) in [5.74, 6) is 1.87. The molecule has 0 fully saturated rings. The number of nitrogens with two attached hydrogens (primary N) is 4. The summed E-state index contributed by atoms with van der Waals surface area (Å²) in [6.45, 7) is 0.938. The van der Waals surface area contributed by atoms with Crippen molar-refractivity contribution in [2.75, 3.05) is 36.1 Å². The van der Waals surface area contributed by atoms with Gasteiger partial charge in [0.05, 0.1) is 12.1 Å². The van der Waals surface area contributed by atoms with E-state index in [1.807, 2.05) is 0 Å². The van der Waals surface area contributed by atoms with E-state index in [9.17, 15) is 13.8 Å². The zero-order valence-electron chi connectivity index (χ0n) is 11.2. The molecule has 118 valence electrons. The van der Waals surface area contributed by atoms with Gasteiger partial charge in [-0.05, 0) is 0 Å². The van der Waals surface area contributed by atoms with Crippen molar-refractivity contribution in [2.24, 2.45) is 22.9 Å². The second-order valence-corrected chi connectivity index (χ2v) is 7.49. The molecule has 0 aromatic rings. The van der Waals surface area contributed by atoms with Gasteiger partial charge in [0.25, 0.3) is 0 Å². The molecule has 0 amide bonds. The summed E-state index contributed by atoms with van der Waals surface area (Å²) in [6.07, 6.45) is 0. The molecule has 0 unspecified atom stereocenters. The van der Waals surface area contributed by atoms with Crippen molar-refractivity contribution in [1.82, 2.24) is 0 Å². The minimum Gasteiger partial charge on any atom is -0.330 e. The maximum absolute atomic E-state index is 11.8. The number of carbonyl (C=O) groups is 2. The molecular weight excluding hydrogens is 320 g/mol. The number of hydrogen-bond acceptors (Lipinski definition) is 9. The first kappa shape index (κ1) is 20.0. The largest absolute Gasteiger partial charge is 0.330 e. The molecule has 10 heteroatoms. The van der Waals surface area contributed by atoms with Crippen molar-refractivity contribution in [2.45, 2.75) is 12.1 Å². The first-order chi connectivity index (χ1) is 9.45. The van der Waals surface area contributed by atoms with E-state index < -0.39 is 33.1 Å². The number of carbonyl (C=O) groups excluding carboxylic acids is 2. The Kier molecular flexibility index (Phi) is 11.7. The molecule has 8 N–H and O–H groups in total. The van der Waals surface area contributed by atoms with Crippen LogP contribution in [0.15, 0.2) is 0 Å². The van der Waals surface area contributed by atoms with Crippen molar-refractivity contribution in [3.05, 3.63) is 0 Å². The van der Waals surface area contributed by atoms with Gasteiger partial charge < -0.3 is 22.9 Å². The lowest BCUT2D eigenvalue weighted by Gasteiger charge is -2.12. The van der Waals surface area contributed by atoms with Gasteiger partial charge in [0, 0.05) is 36.1 Å². The molecule has 0 heterocycles. The smallest absolute Gasteiger partial charge is 0.244 e. The third-order valence-corrected chi connectivity index (χ3v) is 5.66. The lowest BCUT2D eigenvalue weighted by molar-refractivity contribution is -0.114. The average molecular weight is 343 g/mol. The van der Waals surface area contributed by atoms with Crippen LogP contribution in [0.5, 0.6) is 0 Å². The number of rotatable bonds is 10. The third-order valence-electron chi connectivity index (χ3n) is 2.09. The van der Waals surface area contributed by atoms with Gasteiger partial charge in [0.2, 0.25) is 10.2 Å². The minimum atomic E-state index is -2.30. The maximum atomic E-state index is 11.8. The molecule has 0 bridgehead atoms. The standard InChI is InChI=1S/C10H22N4O3S3/c11-1-3-18-5-7(13)9(15)20(17)10(16)8(14)6-19-4-2-12/h7-8H,1-6,11-14H2/t7-,8-/m0/s1. The highest BCUT2D eigenvalue weighted by atomic mass is 32.2. The van der Waals surface area contributed by atoms with Crippen molar-refractivity contribution in [3.8, 4) is 0 Å². The van der Waals surface area contributed by atoms with Gasteiger partial charge in [-0.2, -0.15) is 23.5 Å². The quantitative estimate of drug-likeness (QED) is 0.324. The maximum Gasteiger partial charge on any atom is 0.244 e. The van der Waals surface area contributed by atoms with Crippen LogP contribution in [0, 0.1) is 0 Å². The summed E-state index contributed by atoms with van der Waals surface area (Å²) in [4.78, 5) is 23.5. The van der Waals surface area contributed by atoms with Crippen LogP contribution in [0.4, 0.5) is 0 Å². The van der Waals surface area contributed by atoms with E-state index in [2.05, 4.69) is 0 Å². The second kappa shape index (κ2) is 11.7. The summed E-state index contributed by atoms with van der Waals surface area (Å²) in [5.41, 5.74) is 21.8. The van der Waals surface area contributed by atoms with Crippen molar-refractivity contribution in [3.63, 3.8) is 0 Å². The van der Waals surface area contributed by atoms with E-state index >= 15 is 0 Å². The number of thioether (sulfide) groups is 2. The second-order valence-electron chi connectivity index (χ2n) is 3.85. The molecule has 0 rings (SSSR count). The Morgan fingerprint density at radius 1 is 0.900 bits per heavy atom. The van der Waals surface area contributed by atoms with Crippen LogP contribution >= 0.6 is 23.5 Å². The monoisotopic (exact) mass is 342 g/mol. The normalized spacial score (nSPS) is 14.2. The summed E-state index contributed by atoms with van der Waals surface area (Å²) < 4.78 is 11.8. The first-order valence-corrected chi connectivity index (χ1v) is 9.47. The van der Waals surface area contributed by atoms with Crippen molar-refractivity contribution < 1.29 is 13.8 Å². The van der Waals surface area contributed by atoms with E-state index in [0.29, 0.717) is 24.6 Å². The summed E-state index contributed by atoms with van der Waals surface area (Å²) >= 11 is 2.76. The molecule has 2 atom stereocenters. The van der Waals surface area contributed by atoms with Crippen LogP contribution in [0.3, 0.4) is 0 Å². The number of hydrogen-bond donors (Lipinski definition) is 4. The van der Waals surface area contributed by atoms with Crippen LogP contribution in [0.25, 0.3) is 0 Å². The van der Waals surface area contributed by atoms with Crippen LogP contribution < -0.4 is 22.9 Å². The van der Waals surface area contributed by atoms with Crippen LogP contribution in [0.2, 0.25) is 0 Å². The zero-order chi connectivity index (χ0) is 15.5. The Balaban J connectivity index is 4.26. The minimum absolute atomic E-state index is 0.284. The fourth-order valence-electron chi connectivity index (χ4n) is 1.10. The van der Waals surface area contributed by atoms with E-state index in [4.69, 9.17) is 22.9 Å². The summed E-state index contributed by atoms with van der Waals surface area (Å²) in [6, 6.07) is -1.89. The zero-order valence-corrected chi connectivity index (χ0v) is 13.6. The molecule has 0 saturated carbocycles. The van der Waals surface area contributed by atoms with Gasteiger partial charge in [-0.25, -0.2) is 4.21 Å². The van der Waals surface area contributed by atoms with E-state index in [1.165, 1.54) is 23.5 Å². The lowest BCUT2D eigenvalue weighted by atomic mass is 10.4. The highest BCUT2D eigenvalue weighted by molar-refractivity contribution is 8.13. The molecule has 0 saturated heterocycles.